The maximum atomic E-state index is 13.6. The smallest absolute Gasteiger partial charge is 0.233 e. The Hall–Kier alpha value is -2.67. The van der Waals surface area contributed by atoms with Crippen LogP contribution in [0.1, 0.15) is 64.0 Å². The maximum Gasteiger partial charge on any atom is 0.233 e. The number of amides is 1. The second-order valence-electron chi connectivity index (χ2n) is 10.1. The Morgan fingerprint density at radius 2 is 1.89 bits per heavy atom. The van der Waals surface area contributed by atoms with Crippen LogP contribution in [0.4, 0.5) is 0 Å². The number of carbonyl (C=O) groups is 1. The number of thioether (sulfide) groups is 1. The molecule has 2 fully saturated rings. The van der Waals surface area contributed by atoms with Gasteiger partial charge >= 0.3 is 0 Å². The van der Waals surface area contributed by atoms with Crippen molar-refractivity contribution in [3.8, 4) is 11.4 Å². The number of pyridine rings is 1. The van der Waals surface area contributed by atoms with Gasteiger partial charge in [0.25, 0.3) is 0 Å². The number of nitrogens with zero attached hydrogens (tertiary/aromatic N) is 5. The molecule has 2 aromatic heterocycles. The zero-order chi connectivity index (χ0) is 24.2. The summed E-state index contributed by atoms with van der Waals surface area (Å²) in [5.41, 5.74) is 2.15. The van der Waals surface area contributed by atoms with Crippen LogP contribution in [-0.4, -0.2) is 42.4 Å². The summed E-state index contributed by atoms with van der Waals surface area (Å²) in [6.45, 7) is 5.19. The van der Waals surface area contributed by atoms with Crippen LogP contribution >= 0.6 is 11.8 Å². The highest BCUT2D eigenvalue weighted by atomic mass is 32.2. The lowest BCUT2D eigenvalue weighted by Gasteiger charge is -2.32. The standard InChI is InChI=1S/C28H35N5OS/c1-20-9-6-7-13-25(20)33-27(24-12-8-16-29-17-24)30-31-28(33)35-19-26(34)32(21(2)23-14-15-23)18-22-10-4-3-5-11-22/h3-5,8,10-12,16-17,20-21,23,25H,6-7,9,13-15,18-19H2,1-2H3/t20-,21+,25+/m1/s1. The van der Waals surface area contributed by atoms with E-state index in [1.165, 1.54) is 49.4 Å². The first-order valence-corrected chi connectivity index (χ1v) is 13.9. The third-order valence-electron chi connectivity index (χ3n) is 7.62. The third-order valence-corrected chi connectivity index (χ3v) is 8.55. The molecule has 0 N–H and O–H groups in total. The summed E-state index contributed by atoms with van der Waals surface area (Å²) in [6, 6.07) is 14.9. The fourth-order valence-corrected chi connectivity index (χ4v) is 6.21. The second kappa shape index (κ2) is 10.9. The summed E-state index contributed by atoms with van der Waals surface area (Å²) < 4.78 is 2.30. The summed E-state index contributed by atoms with van der Waals surface area (Å²) in [5.74, 6) is 2.58. The zero-order valence-electron chi connectivity index (χ0n) is 20.7. The van der Waals surface area contributed by atoms with Crippen LogP contribution in [-0.2, 0) is 11.3 Å². The quantitative estimate of drug-likeness (QED) is 0.344. The van der Waals surface area contributed by atoms with Gasteiger partial charge in [0, 0.05) is 36.6 Å². The fraction of sp³-hybridized carbons (Fsp3) is 0.500. The van der Waals surface area contributed by atoms with E-state index < -0.39 is 0 Å². The average Bonchev–Trinajstić information content (AvgIpc) is 3.66. The van der Waals surface area contributed by atoms with Gasteiger partial charge in [-0.1, -0.05) is 61.9 Å². The van der Waals surface area contributed by atoms with Crippen molar-refractivity contribution in [1.29, 1.82) is 0 Å². The van der Waals surface area contributed by atoms with E-state index in [9.17, 15) is 4.79 Å². The van der Waals surface area contributed by atoms with Gasteiger partial charge < -0.3 is 4.90 Å². The van der Waals surface area contributed by atoms with E-state index in [-0.39, 0.29) is 11.9 Å². The minimum Gasteiger partial charge on any atom is -0.335 e. The number of rotatable bonds is 9. The van der Waals surface area contributed by atoms with E-state index >= 15 is 0 Å². The van der Waals surface area contributed by atoms with E-state index in [1.807, 2.05) is 36.5 Å². The lowest BCUT2D eigenvalue weighted by molar-refractivity contribution is -0.131. The van der Waals surface area contributed by atoms with Gasteiger partial charge in [-0.15, -0.1) is 10.2 Å². The average molecular weight is 490 g/mol. The molecule has 1 aromatic carbocycles. The normalized spacial score (nSPS) is 21.0. The van der Waals surface area contributed by atoms with Crippen molar-refractivity contribution in [2.45, 2.75) is 76.2 Å². The van der Waals surface area contributed by atoms with Crippen molar-refractivity contribution in [2.75, 3.05) is 5.75 Å². The first-order valence-electron chi connectivity index (χ1n) is 12.9. The number of aromatic nitrogens is 4. The molecule has 2 aliphatic rings. The predicted molar refractivity (Wildman–Crippen MR) is 140 cm³/mol. The molecule has 0 radical (unpaired) electrons. The zero-order valence-corrected chi connectivity index (χ0v) is 21.5. The molecule has 3 aromatic rings. The van der Waals surface area contributed by atoms with Gasteiger partial charge in [-0.05, 0) is 62.1 Å². The largest absolute Gasteiger partial charge is 0.335 e. The van der Waals surface area contributed by atoms with Crippen molar-refractivity contribution in [1.82, 2.24) is 24.6 Å². The number of hydrogen-bond donors (Lipinski definition) is 0. The molecule has 0 bridgehead atoms. The van der Waals surface area contributed by atoms with Crippen LogP contribution in [0.2, 0.25) is 0 Å². The Bertz CT molecular complexity index is 1110. The van der Waals surface area contributed by atoms with E-state index in [0.717, 1.165) is 23.0 Å². The van der Waals surface area contributed by atoms with Crippen LogP contribution in [0, 0.1) is 11.8 Å². The Balaban J connectivity index is 1.38. The van der Waals surface area contributed by atoms with Crippen molar-refractivity contribution in [2.24, 2.45) is 11.8 Å². The molecule has 6 nitrogen and oxygen atoms in total. The van der Waals surface area contributed by atoms with Crippen LogP contribution in [0.5, 0.6) is 0 Å². The first kappa shape index (κ1) is 24.0. The molecular formula is C28H35N5OS. The van der Waals surface area contributed by atoms with Gasteiger partial charge in [-0.25, -0.2) is 0 Å². The van der Waals surface area contributed by atoms with Gasteiger partial charge in [0.2, 0.25) is 5.91 Å². The van der Waals surface area contributed by atoms with Crippen molar-refractivity contribution >= 4 is 17.7 Å². The fourth-order valence-electron chi connectivity index (χ4n) is 5.33. The van der Waals surface area contributed by atoms with Crippen LogP contribution in [0.15, 0.2) is 60.0 Å². The molecular weight excluding hydrogens is 454 g/mol. The molecule has 0 saturated heterocycles. The molecule has 1 amide bonds. The lowest BCUT2D eigenvalue weighted by atomic mass is 9.85. The summed E-state index contributed by atoms with van der Waals surface area (Å²) in [7, 11) is 0. The highest BCUT2D eigenvalue weighted by Gasteiger charge is 2.35. The minimum atomic E-state index is 0.174. The number of benzene rings is 1. The Labute approximate surface area is 212 Å². The van der Waals surface area contributed by atoms with Gasteiger partial charge in [-0.2, -0.15) is 0 Å². The summed E-state index contributed by atoms with van der Waals surface area (Å²) in [5, 5.41) is 10.0. The van der Waals surface area contributed by atoms with Crippen molar-refractivity contribution in [3.05, 3.63) is 60.4 Å². The Kier molecular flexibility index (Phi) is 7.51. The van der Waals surface area contributed by atoms with Gasteiger partial charge in [0.1, 0.15) is 0 Å². The van der Waals surface area contributed by atoms with Crippen molar-refractivity contribution < 1.29 is 4.79 Å². The topological polar surface area (TPSA) is 63.9 Å². The Morgan fingerprint density at radius 3 is 2.60 bits per heavy atom. The summed E-state index contributed by atoms with van der Waals surface area (Å²) in [6.07, 6.45) is 10.9. The summed E-state index contributed by atoms with van der Waals surface area (Å²) >= 11 is 1.53. The van der Waals surface area contributed by atoms with Crippen LogP contribution < -0.4 is 0 Å². The molecule has 7 heteroatoms. The second-order valence-corrected chi connectivity index (χ2v) is 11.1. The molecule has 2 heterocycles. The van der Waals surface area contributed by atoms with E-state index in [0.29, 0.717) is 30.2 Å². The maximum absolute atomic E-state index is 13.6. The van der Waals surface area contributed by atoms with Gasteiger partial charge in [-0.3, -0.25) is 14.3 Å². The molecule has 2 saturated carbocycles. The third kappa shape index (κ3) is 5.61. The molecule has 35 heavy (non-hydrogen) atoms. The highest BCUT2D eigenvalue weighted by molar-refractivity contribution is 7.99. The van der Waals surface area contributed by atoms with Crippen LogP contribution in [0.3, 0.4) is 0 Å². The van der Waals surface area contributed by atoms with Gasteiger partial charge in [0.15, 0.2) is 11.0 Å². The molecule has 0 spiro atoms. The summed E-state index contributed by atoms with van der Waals surface area (Å²) in [4.78, 5) is 19.9. The van der Waals surface area contributed by atoms with Gasteiger partial charge in [0.05, 0.1) is 5.75 Å². The van der Waals surface area contributed by atoms with Crippen LogP contribution in [0.25, 0.3) is 11.4 Å². The first-order chi connectivity index (χ1) is 17.1. The lowest BCUT2D eigenvalue weighted by Crippen LogP contribution is -2.40. The van der Waals surface area contributed by atoms with Crippen molar-refractivity contribution in [3.63, 3.8) is 0 Å². The minimum absolute atomic E-state index is 0.174. The highest BCUT2D eigenvalue weighted by Crippen LogP contribution is 2.39. The number of carbonyl (C=O) groups excluding carboxylic acids is 1. The predicted octanol–water partition coefficient (Wildman–Crippen LogP) is 6.01. The number of hydrogen-bond acceptors (Lipinski definition) is 5. The molecule has 2 aliphatic carbocycles. The SMILES string of the molecule is C[C@@H]1CCCC[C@@H]1n1c(SCC(=O)N(Cc2ccccc2)[C@@H](C)C2CC2)nnc1-c1cccnc1. The molecule has 0 unspecified atom stereocenters. The van der Waals surface area contributed by atoms with E-state index in [1.54, 1.807) is 6.20 Å². The van der Waals surface area contributed by atoms with E-state index in [4.69, 9.17) is 0 Å². The van der Waals surface area contributed by atoms with E-state index in [2.05, 4.69) is 50.6 Å². The molecule has 3 atom stereocenters. The molecule has 5 rings (SSSR count). The molecule has 0 aliphatic heterocycles. The Morgan fingerprint density at radius 1 is 1.09 bits per heavy atom. The monoisotopic (exact) mass is 489 g/mol. The molecule has 184 valence electrons.